The lowest BCUT2D eigenvalue weighted by Crippen LogP contribution is -2.46. The number of piperidine rings is 1. The number of unbranched alkanes of at least 4 members (excludes halogenated alkanes) is 4. The molecule has 2 aromatic carbocycles. The topological polar surface area (TPSA) is 146 Å². The van der Waals surface area contributed by atoms with Crippen LogP contribution in [-0.4, -0.2) is 87.0 Å². The number of amides is 3. The van der Waals surface area contributed by atoms with E-state index in [4.69, 9.17) is 4.98 Å². The third kappa shape index (κ3) is 7.23. The summed E-state index contributed by atoms with van der Waals surface area (Å²) in [5.41, 5.74) is 7.32. The molecule has 1 unspecified atom stereocenters. The molecule has 2 atom stereocenters. The van der Waals surface area contributed by atoms with Crippen molar-refractivity contribution < 1.29 is 14.4 Å². The minimum atomic E-state index is -0.666. The second-order valence-electron chi connectivity index (χ2n) is 16.0. The second kappa shape index (κ2) is 16.0. The highest BCUT2D eigenvalue weighted by molar-refractivity contribution is 7.21. The van der Waals surface area contributed by atoms with E-state index in [-0.39, 0.29) is 30.0 Å². The number of pyridine rings is 2. The first kappa shape index (κ1) is 37.9. The zero-order valence-electron chi connectivity index (χ0n) is 33.1. The van der Waals surface area contributed by atoms with Gasteiger partial charge in [-0.1, -0.05) is 31.4 Å². The summed E-state index contributed by atoms with van der Waals surface area (Å²) < 4.78 is 4.29. The van der Waals surface area contributed by atoms with Crippen molar-refractivity contribution in [1.29, 1.82) is 0 Å². The lowest BCUT2D eigenvalue weighted by molar-refractivity contribution is -0.135. The van der Waals surface area contributed by atoms with Gasteiger partial charge in [0.15, 0.2) is 0 Å². The smallest absolute Gasteiger partial charge is 0.329 e. The maximum Gasteiger partial charge on any atom is 0.329 e. The summed E-state index contributed by atoms with van der Waals surface area (Å²) in [6.45, 7) is 7.74. The number of thiophene rings is 1. The van der Waals surface area contributed by atoms with Crippen LogP contribution >= 0.6 is 11.3 Å². The maximum atomic E-state index is 13.3. The summed E-state index contributed by atoms with van der Waals surface area (Å²) in [6, 6.07) is 15.9. The molecule has 0 radical (unpaired) electrons. The number of nitrogens with zero attached hydrogens (tertiary/aromatic N) is 6. The van der Waals surface area contributed by atoms with Crippen LogP contribution in [0.15, 0.2) is 65.7 Å². The molecule has 6 aromatic rings. The summed E-state index contributed by atoms with van der Waals surface area (Å²) in [5, 5.41) is 11.1. The van der Waals surface area contributed by atoms with Crippen LogP contribution < -0.4 is 26.5 Å². The van der Waals surface area contributed by atoms with Crippen LogP contribution in [0.25, 0.3) is 43.3 Å². The third-order valence-electron chi connectivity index (χ3n) is 12.1. The van der Waals surface area contributed by atoms with Gasteiger partial charge in [0.2, 0.25) is 11.8 Å². The molecule has 300 valence electrons. The number of rotatable bonds is 11. The fraction of sp³-hybridized carbons (Fsp3) is 0.409. The molecule has 0 aliphatic carbocycles. The van der Waals surface area contributed by atoms with E-state index in [1.807, 2.05) is 37.5 Å². The first-order valence-electron chi connectivity index (χ1n) is 20.6. The number of anilines is 2. The van der Waals surface area contributed by atoms with Gasteiger partial charge in [-0.15, -0.1) is 11.3 Å². The number of carbonyl (C=O) groups excluding carboxylic acids is 3. The lowest BCUT2D eigenvalue weighted by Gasteiger charge is -2.36. The molecule has 14 heteroatoms. The Labute approximate surface area is 340 Å². The average molecular weight is 800 g/mol. The zero-order valence-corrected chi connectivity index (χ0v) is 33.9. The molecule has 3 amide bonds. The van der Waals surface area contributed by atoms with Crippen LogP contribution in [0.2, 0.25) is 0 Å². The molecule has 58 heavy (non-hydrogen) atoms. The number of hydrogen-bond donors (Lipinski definition) is 3. The number of imidazole rings is 1. The summed E-state index contributed by atoms with van der Waals surface area (Å²) in [6.07, 6.45) is 11.0. The molecule has 0 spiro atoms. The van der Waals surface area contributed by atoms with Crippen LogP contribution in [0.1, 0.15) is 73.1 Å². The molecular formula is C44H49N9O4S. The van der Waals surface area contributed by atoms with Gasteiger partial charge in [0.05, 0.1) is 39.8 Å². The standard InChI is InChI=1S/C44H49N9O4S/c1-27-24-46-39-38-31-12-13-32(48-33(31)14-16-36(38)58-41(39)43(56)47-27)29-23-30(26-45-25-29)52-21-19-51(20-22-52)18-7-5-3-4-6-9-28-10-8-11-34-40(28)50(2)44(57)53(34)35-15-17-37(54)49-42(35)55/h8,10-14,16,23,25-27,35,46H,3-7,9,15,17-22,24H2,1-2H3,(H,47,56)(H,49,54,55)/t27-,35?/m1/s1. The van der Waals surface area contributed by atoms with Gasteiger partial charge in [-0.2, -0.15) is 0 Å². The number of fused-ring (bicyclic) bond motifs is 6. The van der Waals surface area contributed by atoms with Crippen molar-refractivity contribution in [3.63, 3.8) is 0 Å². The number of nitrogens with one attached hydrogen (secondary N) is 3. The molecule has 2 fully saturated rings. The van der Waals surface area contributed by atoms with Crippen LogP contribution in [-0.2, 0) is 23.1 Å². The fourth-order valence-electron chi connectivity index (χ4n) is 8.99. The second-order valence-corrected chi connectivity index (χ2v) is 17.1. The largest absolute Gasteiger partial charge is 0.381 e. The summed E-state index contributed by atoms with van der Waals surface area (Å²) in [5.74, 6) is -0.714. The van der Waals surface area contributed by atoms with Crippen LogP contribution in [0, 0.1) is 0 Å². The Hall–Kier alpha value is -5.60. The number of carbonyl (C=O) groups is 3. The molecule has 4 aromatic heterocycles. The first-order valence-corrected chi connectivity index (χ1v) is 21.4. The lowest BCUT2D eigenvalue weighted by atomic mass is 10.0. The number of piperazine rings is 1. The summed E-state index contributed by atoms with van der Waals surface area (Å²) >= 11 is 1.52. The first-order chi connectivity index (χ1) is 28.2. The van der Waals surface area contributed by atoms with Crippen molar-refractivity contribution in [2.24, 2.45) is 7.05 Å². The van der Waals surface area contributed by atoms with Crippen LogP contribution in [0.4, 0.5) is 11.4 Å². The maximum absolute atomic E-state index is 13.3. The number of imide groups is 1. The minimum absolute atomic E-state index is 0.0241. The minimum Gasteiger partial charge on any atom is -0.381 e. The van der Waals surface area contributed by atoms with E-state index >= 15 is 0 Å². The molecular weight excluding hydrogens is 751 g/mol. The Morgan fingerprint density at radius 3 is 2.59 bits per heavy atom. The summed E-state index contributed by atoms with van der Waals surface area (Å²) in [7, 11) is 1.77. The van der Waals surface area contributed by atoms with E-state index < -0.39 is 11.9 Å². The third-order valence-corrected chi connectivity index (χ3v) is 13.2. The van der Waals surface area contributed by atoms with Gasteiger partial charge in [-0.05, 0) is 81.1 Å². The van der Waals surface area contributed by atoms with Crippen molar-refractivity contribution in [3.05, 3.63) is 81.8 Å². The van der Waals surface area contributed by atoms with E-state index in [0.29, 0.717) is 13.0 Å². The van der Waals surface area contributed by atoms with Gasteiger partial charge >= 0.3 is 5.69 Å². The molecule has 3 aliphatic rings. The van der Waals surface area contributed by atoms with Crippen molar-refractivity contribution >= 4 is 72.5 Å². The highest BCUT2D eigenvalue weighted by atomic mass is 32.1. The molecule has 13 nitrogen and oxygen atoms in total. The normalized spacial score (nSPS) is 19.0. The van der Waals surface area contributed by atoms with E-state index in [1.54, 1.807) is 16.2 Å². The Kier molecular flexibility index (Phi) is 10.5. The summed E-state index contributed by atoms with van der Waals surface area (Å²) in [4.78, 5) is 65.8. The monoisotopic (exact) mass is 799 g/mol. The van der Waals surface area contributed by atoms with Gasteiger partial charge in [-0.3, -0.25) is 38.7 Å². The van der Waals surface area contributed by atoms with Crippen molar-refractivity contribution in [3.8, 4) is 11.3 Å². The Morgan fingerprint density at radius 2 is 1.74 bits per heavy atom. The zero-order chi connectivity index (χ0) is 39.9. The van der Waals surface area contributed by atoms with E-state index in [0.717, 1.165) is 117 Å². The number of benzene rings is 2. The molecule has 2 saturated heterocycles. The Morgan fingerprint density at radius 1 is 0.914 bits per heavy atom. The number of para-hydroxylation sites is 1. The van der Waals surface area contributed by atoms with E-state index in [1.165, 1.54) is 30.6 Å². The van der Waals surface area contributed by atoms with Gasteiger partial charge in [0.25, 0.3) is 5.91 Å². The number of aryl methyl sites for hydroxylation is 2. The van der Waals surface area contributed by atoms with E-state index in [2.05, 4.69) is 61.1 Å². The van der Waals surface area contributed by atoms with Crippen molar-refractivity contribution in [2.75, 3.05) is 49.5 Å². The molecule has 9 rings (SSSR count). The highest BCUT2D eigenvalue weighted by Gasteiger charge is 2.32. The SMILES string of the molecule is C[C@@H]1CNc2c(sc3ccc4nc(-c5cncc(N6CCN(CCCCCCCc7cccc8c7n(C)c(=O)n8C7CCC(=O)NC7=O)CC6)c5)ccc4c23)C(=O)N1. The molecule has 0 bridgehead atoms. The van der Waals surface area contributed by atoms with Crippen molar-refractivity contribution in [2.45, 2.75) is 70.4 Å². The van der Waals surface area contributed by atoms with Gasteiger partial charge in [0, 0.05) is 79.5 Å². The van der Waals surface area contributed by atoms with Gasteiger partial charge in [-0.25, -0.2) is 9.78 Å². The fourth-order valence-corrected chi connectivity index (χ4v) is 10.1. The van der Waals surface area contributed by atoms with E-state index in [9.17, 15) is 19.2 Å². The number of aromatic nitrogens is 4. The predicted octanol–water partition coefficient (Wildman–Crippen LogP) is 6.00. The van der Waals surface area contributed by atoms with Gasteiger partial charge in [0.1, 0.15) is 10.9 Å². The van der Waals surface area contributed by atoms with Crippen molar-refractivity contribution in [1.82, 2.24) is 34.6 Å². The Balaban J connectivity index is 0.753. The molecule has 3 aliphatic heterocycles. The molecule has 7 heterocycles. The van der Waals surface area contributed by atoms with Gasteiger partial charge < -0.3 is 15.5 Å². The quantitative estimate of drug-likeness (QED) is 0.106. The highest BCUT2D eigenvalue weighted by Crippen LogP contribution is 2.41. The van der Waals surface area contributed by atoms with Crippen LogP contribution in [0.5, 0.6) is 0 Å². The molecule has 0 saturated carbocycles. The average Bonchev–Trinajstić information content (AvgIpc) is 3.69. The van der Waals surface area contributed by atoms with Crippen LogP contribution in [0.3, 0.4) is 0 Å². The molecule has 3 N–H and O–H groups in total. The predicted molar refractivity (Wildman–Crippen MR) is 230 cm³/mol. The Bertz CT molecular complexity index is 2620. The number of hydrogen-bond acceptors (Lipinski definition) is 10.